The van der Waals surface area contributed by atoms with E-state index >= 15 is 0 Å². The van der Waals surface area contributed by atoms with Gasteiger partial charge in [0, 0.05) is 38.2 Å². The van der Waals surface area contributed by atoms with Gasteiger partial charge in [-0.15, -0.1) is 0 Å². The highest BCUT2D eigenvalue weighted by molar-refractivity contribution is 5.92. The van der Waals surface area contributed by atoms with E-state index < -0.39 is 0 Å². The summed E-state index contributed by atoms with van der Waals surface area (Å²) in [6.07, 6.45) is 6.49. The maximum atomic E-state index is 13.1. The third kappa shape index (κ3) is 2.74. The molecule has 5 heterocycles. The first-order valence-corrected chi connectivity index (χ1v) is 10.2. The number of aromatic nitrogens is 3. The fourth-order valence-electron chi connectivity index (χ4n) is 4.78. The van der Waals surface area contributed by atoms with E-state index in [1.165, 1.54) is 5.69 Å². The van der Waals surface area contributed by atoms with E-state index in [2.05, 4.69) is 57.7 Å². The van der Waals surface area contributed by atoms with Crippen molar-refractivity contribution in [1.82, 2.24) is 19.4 Å². The SMILES string of the molecule is CC(C)CN1c2cccnc2-n2cccc2[C@]12CCN(C(=O)c1ccccn1)C2. The van der Waals surface area contributed by atoms with Crippen LogP contribution in [0.1, 0.15) is 36.5 Å². The molecule has 3 aromatic heterocycles. The number of likely N-dealkylation sites (tertiary alicyclic amines) is 1. The summed E-state index contributed by atoms with van der Waals surface area (Å²) in [4.78, 5) is 26.5. The van der Waals surface area contributed by atoms with Crippen molar-refractivity contribution in [2.75, 3.05) is 24.5 Å². The lowest BCUT2D eigenvalue weighted by Crippen LogP contribution is -2.54. The molecule has 3 aromatic rings. The van der Waals surface area contributed by atoms with Crippen molar-refractivity contribution in [1.29, 1.82) is 0 Å². The van der Waals surface area contributed by atoms with Crippen LogP contribution in [0.3, 0.4) is 0 Å². The summed E-state index contributed by atoms with van der Waals surface area (Å²) in [5, 5.41) is 0. The van der Waals surface area contributed by atoms with E-state index in [4.69, 9.17) is 0 Å². The Morgan fingerprint density at radius 3 is 2.76 bits per heavy atom. The normalized spacial score (nSPS) is 20.2. The summed E-state index contributed by atoms with van der Waals surface area (Å²) in [6, 6.07) is 13.9. The van der Waals surface area contributed by atoms with Crippen molar-refractivity contribution in [3.05, 3.63) is 72.4 Å². The number of anilines is 1. The predicted molar refractivity (Wildman–Crippen MR) is 112 cm³/mol. The van der Waals surface area contributed by atoms with Crippen LogP contribution in [0, 0.1) is 5.92 Å². The zero-order valence-electron chi connectivity index (χ0n) is 16.8. The lowest BCUT2D eigenvalue weighted by molar-refractivity contribution is 0.0776. The van der Waals surface area contributed by atoms with Crippen LogP contribution in [-0.4, -0.2) is 45.0 Å². The number of nitrogens with zero attached hydrogens (tertiary/aromatic N) is 5. The van der Waals surface area contributed by atoms with Crippen molar-refractivity contribution in [2.45, 2.75) is 25.8 Å². The molecule has 0 aromatic carbocycles. The Labute approximate surface area is 170 Å². The van der Waals surface area contributed by atoms with E-state index in [0.29, 0.717) is 24.7 Å². The van der Waals surface area contributed by atoms with E-state index in [0.717, 1.165) is 24.5 Å². The Kier molecular flexibility index (Phi) is 4.15. The second kappa shape index (κ2) is 6.72. The van der Waals surface area contributed by atoms with Gasteiger partial charge in [-0.2, -0.15) is 0 Å². The predicted octanol–water partition coefficient (Wildman–Crippen LogP) is 3.48. The van der Waals surface area contributed by atoms with Crippen molar-refractivity contribution in [3.63, 3.8) is 0 Å². The van der Waals surface area contributed by atoms with E-state index in [-0.39, 0.29) is 11.4 Å². The molecule has 0 N–H and O–H groups in total. The molecule has 1 atom stereocenters. The molecule has 1 amide bonds. The summed E-state index contributed by atoms with van der Waals surface area (Å²) in [7, 11) is 0. The average Bonchev–Trinajstić information content (AvgIpc) is 3.40. The minimum atomic E-state index is -0.256. The van der Waals surface area contributed by atoms with Crippen molar-refractivity contribution in [2.24, 2.45) is 5.92 Å². The molecular formula is C23H25N5O. The van der Waals surface area contributed by atoms with Crippen LogP contribution >= 0.6 is 0 Å². The standard InChI is InChI=1S/C23H25N5O/c1-17(2)15-28-19-8-5-12-25-21(19)27-13-6-9-20(27)23(28)10-14-26(16-23)22(29)18-7-3-4-11-24-18/h3-9,11-13,17H,10,14-16H2,1-2H3/t23-/m1/s1. The van der Waals surface area contributed by atoms with Gasteiger partial charge in [0.2, 0.25) is 0 Å². The molecule has 29 heavy (non-hydrogen) atoms. The maximum Gasteiger partial charge on any atom is 0.272 e. The molecule has 5 rings (SSSR count). The molecule has 148 valence electrons. The molecule has 1 saturated heterocycles. The third-order valence-electron chi connectivity index (χ3n) is 5.99. The molecule has 0 unspecified atom stereocenters. The van der Waals surface area contributed by atoms with Crippen LogP contribution < -0.4 is 4.90 Å². The molecule has 0 radical (unpaired) electrons. The zero-order chi connectivity index (χ0) is 20.0. The number of pyridine rings is 2. The van der Waals surface area contributed by atoms with Crippen LogP contribution in [0.2, 0.25) is 0 Å². The summed E-state index contributed by atoms with van der Waals surface area (Å²) in [5.41, 5.74) is 2.60. The van der Waals surface area contributed by atoms with Crippen LogP contribution in [0.5, 0.6) is 0 Å². The van der Waals surface area contributed by atoms with Crippen LogP contribution in [0.4, 0.5) is 5.69 Å². The Hall–Kier alpha value is -3.15. The van der Waals surface area contributed by atoms with Gasteiger partial charge >= 0.3 is 0 Å². The van der Waals surface area contributed by atoms with Gasteiger partial charge in [0.15, 0.2) is 5.82 Å². The number of carbonyl (C=O) groups excluding carboxylic acids is 1. The quantitative estimate of drug-likeness (QED) is 0.690. The second-order valence-corrected chi connectivity index (χ2v) is 8.34. The van der Waals surface area contributed by atoms with Crippen molar-refractivity contribution < 1.29 is 4.79 Å². The highest BCUT2D eigenvalue weighted by Crippen LogP contribution is 2.47. The monoisotopic (exact) mass is 387 g/mol. The molecule has 1 fully saturated rings. The van der Waals surface area contributed by atoms with Crippen molar-refractivity contribution in [3.8, 4) is 5.82 Å². The third-order valence-corrected chi connectivity index (χ3v) is 5.99. The molecule has 6 heteroatoms. The van der Waals surface area contributed by atoms with Crippen LogP contribution in [0.25, 0.3) is 5.82 Å². The van der Waals surface area contributed by atoms with Gasteiger partial charge in [-0.3, -0.25) is 9.78 Å². The molecular weight excluding hydrogens is 362 g/mol. The van der Waals surface area contributed by atoms with Crippen LogP contribution in [-0.2, 0) is 5.54 Å². The molecule has 1 spiro atoms. The lowest BCUT2D eigenvalue weighted by Gasteiger charge is -2.47. The van der Waals surface area contributed by atoms with Gasteiger partial charge in [0.05, 0.1) is 11.4 Å². The molecule has 0 bridgehead atoms. The minimum Gasteiger partial charge on any atom is -0.355 e. The first-order chi connectivity index (χ1) is 14.1. The number of hydrogen-bond acceptors (Lipinski definition) is 4. The Balaban J connectivity index is 1.59. The van der Waals surface area contributed by atoms with Gasteiger partial charge in [-0.05, 0) is 48.7 Å². The fourth-order valence-corrected chi connectivity index (χ4v) is 4.78. The van der Waals surface area contributed by atoms with Gasteiger partial charge < -0.3 is 14.4 Å². The summed E-state index contributed by atoms with van der Waals surface area (Å²) in [6.45, 7) is 6.75. The Bertz CT molecular complexity index is 1040. The van der Waals surface area contributed by atoms with Crippen molar-refractivity contribution >= 4 is 11.6 Å². The van der Waals surface area contributed by atoms with Gasteiger partial charge in [-0.1, -0.05) is 19.9 Å². The number of fused-ring (bicyclic) bond motifs is 4. The summed E-state index contributed by atoms with van der Waals surface area (Å²) >= 11 is 0. The smallest absolute Gasteiger partial charge is 0.272 e. The molecule has 2 aliphatic heterocycles. The van der Waals surface area contributed by atoms with E-state index in [1.807, 2.05) is 29.3 Å². The number of rotatable bonds is 3. The lowest BCUT2D eigenvalue weighted by atomic mass is 9.88. The van der Waals surface area contributed by atoms with Gasteiger partial charge in [0.25, 0.3) is 5.91 Å². The van der Waals surface area contributed by atoms with Gasteiger partial charge in [0.1, 0.15) is 11.2 Å². The topological polar surface area (TPSA) is 54.3 Å². The first kappa shape index (κ1) is 17.9. The molecule has 0 saturated carbocycles. The molecule has 0 aliphatic carbocycles. The summed E-state index contributed by atoms with van der Waals surface area (Å²) in [5.74, 6) is 1.46. The minimum absolute atomic E-state index is 0.00191. The number of carbonyl (C=O) groups is 1. The van der Waals surface area contributed by atoms with Gasteiger partial charge in [-0.25, -0.2) is 4.98 Å². The largest absolute Gasteiger partial charge is 0.355 e. The Morgan fingerprint density at radius 1 is 1.10 bits per heavy atom. The number of hydrogen-bond donors (Lipinski definition) is 0. The average molecular weight is 387 g/mol. The first-order valence-electron chi connectivity index (χ1n) is 10.2. The maximum absolute atomic E-state index is 13.1. The fraction of sp³-hybridized carbons (Fsp3) is 0.348. The summed E-state index contributed by atoms with van der Waals surface area (Å²) < 4.78 is 2.20. The molecule has 2 aliphatic rings. The highest BCUT2D eigenvalue weighted by Gasteiger charge is 2.51. The second-order valence-electron chi connectivity index (χ2n) is 8.34. The zero-order valence-corrected chi connectivity index (χ0v) is 16.8. The number of amides is 1. The highest BCUT2D eigenvalue weighted by atomic mass is 16.2. The van der Waals surface area contributed by atoms with E-state index in [9.17, 15) is 4.79 Å². The Morgan fingerprint density at radius 2 is 1.97 bits per heavy atom. The van der Waals surface area contributed by atoms with E-state index in [1.54, 1.807) is 12.3 Å². The van der Waals surface area contributed by atoms with Crippen LogP contribution in [0.15, 0.2) is 61.1 Å². The molecule has 6 nitrogen and oxygen atoms in total.